The second-order valence-electron chi connectivity index (χ2n) is 5.91. The molecule has 162 valence electrons. The molecular weight excluding hydrogens is 402 g/mol. The van der Waals surface area contributed by atoms with E-state index in [1.807, 2.05) is 0 Å². The van der Waals surface area contributed by atoms with E-state index < -0.39 is 12.6 Å². The maximum atomic E-state index is 12.7. The van der Waals surface area contributed by atoms with Crippen LogP contribution in [0.4, 0.5) is 8.78 Å². The number of rotatable bonds is 14. The Balaban J connectivity index is 1.76. The SMILES string of the molecule is O=C(O)c1ccc(C(=O)c2ccccc2OCCOCCOCCOC(F)F)cc1. The van der Waals surface area contributed by atoms with Crippen LogP contribution in [0.15, 0.2) is 48.5 Å². The zero-order chi connectivity index (χ0) is 21.8. The van der Waals surface area contributed by atoms with Gasteiger partial charge in [0.2, 0.25) is 0 Å². The zero-order valence-electron chi connectivity index (χ0n) is 16.1. The largest absolute Gasteiger partial charge is 0.490 e. The maximum absolute atomic E-state index is 12.7. The number of ketones is 1. The number of para-hydroxylation sites is 1. The summed E-state index contributed by atoms with van der Waals surface area (Å²) in [4.78, 5) is 23.7. The molecule has 2 rings (SSSR count). The predicted octanol–water partition coefficient (Wildman–Crippen LogP) is 3.27. The maximum Gasteiger partial charge on any atom is 0.345 e. The van der Waals surface area contributed by atoms with Crippen LogP contribution in [-0.2, 0) is 14.2 Å². The number of carboxylic acids is 1. The Morgan fingerprint density at radius 3 is 2.00 bits per heavy atom. The molecule has 0 bridgehead atoms. The van der Waals surface area contributed by atoms with Gasteiger partial charge in [0.15, 0.2) is 5.78 Å². The first-order valence-corrected chi connectivity index (χ1v) is 9.14. The molecule has 0 aromatic heterocycles. The summed E-state index contributed by atoms with van der Waals surface area (Å²) in [6, 6.07) is 12.4. The average molecular weight is 424 g/mol. The number of carbonyl (C=O) groups is 2. The molecule has 0 unspecified atom stereocenters. The number of ether oxygens (including phenoxy) is 4. The molecule has 2 aromatic rings. The van der Waals surface area contributed by atoms with Crippen LogP contribution in [-0.4, -0.2) is 63.1 Å². The van der Waals surface area contributed by atoms with Gasteiger partial charge in [0.1, 0.15) is 12.4 Å². The van der Waals surface area contributed by atoms with E-state index in [1.165, 1.54) is 24.3 Å². The Kier molecular flexibility index (Phi) is 9.85. The monoisotopic (exact) mass is 424 g/mol. The third-order valence-electron chi connectivity index (χ3n) is 3.85. The molecule has 0 fully saturated rings. The van der Waals surface area contributed by atoms with Gasteiger partial charge in [-0.3, -0.25) is 4.79 Å². The van der Waals surface area contributed by atoms with Crippen molar-refractivity contribution in [1.82, 2.24) is 0 Å². The van der Waals surface area contributed by atoms with Crippen molar-refractivity contribution in [2.24, 2.45) is 0 Å². The van der Waals surface area contributed by atoms with Crippen molar-refractivity contribution in [3.63, 3.8) is 0 Å². The number of hydrogen-bond donors (Lipinski definition) is 1. The van der Waals surface area contributed by atoms with Gasteiger partial charge in [-0.15, -0.1) is 0 Å². The minimum atomic E-state index is -2.80. The molecule has 9 heteroatoms. The van der Waals surface area contributed by atoms with E-state index in [-0.39, 0.29) is 51.0 Å². The lowest BCUT2D eigenvalue weighted by atomic mass is 10.0. The van der Waals surface area contributed by atoms with E-state index in [0.29, 0.717) is 16.9 Å². The summed E-state index contributed by atoms with van der Waals surface area (Å²) in [6.45, 7) is -2.02. The molecule has 0 aliphatic carbocycles. The fourth-order valence-electron chi connectivity index (χ4n) is 2.43. The minimum absolute atomic E-state index is 0.0487. The molecule has 0 aliphatic rings. The van der Waals surface area contributed by atoms with Crippen molar-refractivity contribution in [2.75, 3.05) is 39.6 Å². The van der Waals surface area contributed by atoms with Gasteiger partial charge >= 0.3 is 12.6 Å². The lowest BCUT2D eigenvalue weighted by Gasteiger charge is -2.11. The van der Waals surface area contributed by atoms with Gasteiger partial charge in [0.05, 0.1) is 44.2 Å². The van der Waals surface area contributed by atoms with E-state index in [9.17, 15) is 18.4 Å². The third-order valence-corrected chi connectivity index (χ3v) is 3.85. The second kappa shape index (κ2) is 12.6. The van der Waals surface area contributed by atoms with Gasteiger partial charge < -0.3 is 24.1 Å². The number of alkyl halides is 2. The zero-order valence-corrected chi connectivity index (χ0v) is 16.1. The molecule has 0 atom stereocenters. The first kappa shape index (κ1) is 23.4. The van der Waals surface area contributed by atoms with E-state index in [2.05, 4.69) is 4.74 Å². The van der Waals surface area contributed by atoms with E-state index in [1.54, 1.807) is 24.3 Å². The molecule has 30 heavy (non-hydrogen) atoms. The highest BCUT2D eigenvalue weighted by atomic mass is 19.3. The lowest BCUT2D eigenvalue weighted by molar-refractivity contribution is -0.140. The molecule has 7 nitrogen and oxygen atoms in total. The van der Waals surface area contributed by atoms with Gasteiger partial charge in [-0.05, 0) is 24.3 Å². The summed E-state index contributed by atoms with van der Waals surface area (Å²) < 4.78 is 43.6. The standard InChI is InChI=1S/C21H22F2O7/c22-21(23)30-14-12-28-10-9-27-11-13-29-18-4-2-1-3-17(18)19(24)15-5-7-16(8-6-15)20(25)26/h1-8,21H,9-14H2,(H,25,26). The number of carboxylic acid groups (broad SMARTS) is 1. The minimum Gasteiger partial charge on any atom is -0.490 e. The molecule has 0 heterocycles. The summed E-state index contributed by atoms with van der Waals surface area (Å²) in [5, 5.41) is 8.95. The van der Waals surface area contributed by atoms with E-state index >= 15 is 0 Å². The highest BCUT2D eigenvalue weighted by Crippen LogP contribution is 2.22. The van der Waals surface area contributed by atoms with Crippen LogP contribution < -0.4 is 4.74 Å². The number of hydrogen-bond acceptors (Lipinski definition) is 6. The molecule has 0 spiro atoms. The van der Waals surface area contributed by atoms with Crippen molar-refractivity contribution in [2.45, 2.75) is 6.61 Å². The van der Waals surface area contributed by atoms with Crippen LogP contribution in [0.1, 0.15) is 26.3 Å². The molecular formula is C21H22F2O7. The van der Waals surface area contributed by atoms with Crippen molar-refractivity contribution in [3.8, 4) is 5.75 Å². The van der Waals surface area contributed by atoms with Crippen LogP contribution in [0.25, 0.3) is 0 Å². The van der Waals surface area contributed by atoms with Gasteiger partial charge in [-0.2, -0.15) is 8.78 Å². The van der Waals surface area contributed by atoms with Crippen molar-refractivity contribution in [1.29, 1.82) is 0 Å². The molecule has 0 saturated carbocycles. The van der Waals surface area contributed by atoms with Crippen molar-refractivity contribution < 1.29 is 42.4 Å². The molecule has 1 N–H and O–H groups in total. The fourth-order valence-corrected chi connectivity index (χ4v) is 2.43. The fraction of sp³-hybridized carbons (Fsp3) is 0.333. The normalized spacial score (nSPS) is 10.9. The number of aromatic carboxylic acids is 1. The highest BCUT2D eigenvalue weighted by molar-refractivity contribution is 6.11. The van der Waals surface area contributed by atoms with Crippen LogP contribution >= 0.6 is 0 Å². The van der Waals surface area contributed by atoms with Gasteiger partial charge in [-0.25, -0.2) is 4.79 Å². The van der Waals surface area contributed by atoms with Crippen molar-refractivity contribution in [3.05, 3.63) is 65.2 Å². The Morgan fingerprint density at radius 2 is 1.37 bits per heavy atom. The number of carbonyl (C=O) groups excluding carboxylic acids is 1. The predicted molar refractivity (Wildman–Crippen MR) is 102 cm³/mol. The van der Waals surface area contributed by atoms with E-state index in [4.69, 9.17) is 19.3 Å². The first-order valence-electron chi connectivity index (χ1n) is 9.14. The molecule has 0 aliphatic heterocycles. The summed E-state index contributed by atoms with van der Waals surface area (Å²) in [7, 11) is 0. The van der Waals surface area contributed by atoms with Gasteiger partial charge in [0.25, 0.3) is 0 Å². The topological polar surface area (TPSA) is 91.3 Å². The van der Waals surface area contributed by atoms with E-state index in [0.717, 1.165) is 0 Å². The van der Waals surface area contributed by atoms with Crippen LogP contribution in [0.5, 0.6) is 5.75 Å². The highest BCUT2D eigenvalue weighted by Gasteiger charge is 2.15. The summed E-state index contributed by atoms with van der Waals surface area (Å²) in [6.07, 6.45) is 0. The van der Waals surface area contributed by atoms with Crippen LogP contribution in [0.3, 0.4) is 0 Å². The molecule has 0 radical (unpaired) electrons. The number of benzene rings is 2. The Hall–Kier alpha value is -2.88. The summed E-state index contributed by atoms with van der Waals surface area (Å²) in [5.41, 5.74) is 0.793. The quantitative estimate of drug-likeness (QED) is 0.368. The average Bonchev–Trinajstić information content (AvgIpc) is 2.74. The van der Waals surface area contributed by atoms with Crippen LogP contribution in [0, 0.1) is 0 Å². The van der Waals surface area contributed by atoms with Crippen LogP contribution in [0.2, 0.25) is 0 Å². The number of halogens is 2. The summed E-state index contributed by atoms with van der Waals surface area (Å²) in [5.74, 6) is -0.971. The Labute approximate surface area is 172 Å². The summed E-state index contributed by atoms with van der Waals surface area (Å²) >= 11 is 0. The van der Waals surface area contributed by atoms with Crippen molar-refractivity contribution >= 4 is 11.8 Å². The van der Waals surface area contributed by atoms with Gasteiger partial charge in [-0.1, -0.05) is 24.3 Å². The van der Waals surface area contributed by atoms with Gasteiger partial charge in [0, 0.05) is 5.56 Å². The molecule has 0 saturated heterocycles. The smallest absolute Gasteiger partial charge is 0.345 e. The third kappa shape index (κ3) is 7.86. The second-order valence-corrected chi connectivity index (χ2v) is 5.91. The molecule has 2 aromatic carbocycles. The lowest BCUT2D eigenvalue weighted by Crippen LogP contribution is -2.14. The molecule has 0 amide bonds. The Bertz CT molecular complexity index is 809. The Morgan fingerprint density at radius 1 is 0.800 bits per heavy atom. The first-order chi connectivity index (χ1) is 14.5.